The number of benzene rings is 2. The smallest absolute Gasteiger partial charge is 0.165 e. The lowest BCUT2D eigenvalue weighted by atomic mass is 10.1. The lowest BCUT2D eigenvalue weighted by molar-refractivity contribution is 0.348. The standard InChI is InChI=1S/C18H18FNO/c1-14(20)12-16-9-10-18(17(19)13-16)21-11-5-8-15-6-3-2-4-7-15/h2-4,6-7,9-10,13-14H,11-12,20H2,1H3. The Hall–Kier alpha value is -2.31. The van der Waals surface area contributed by atoms with Crippen molar-refractivity contribution in [2.75, 3.05) is 6.61 Å². The van der Waals surface area contributed by atoms with E-state index < -0.39 is 0 Å². The van der Waals surface area contributed by atoms with Crippen molar-refractivity contribution in [3.8, 4) is 17.6 Å². The normalized spacial score (nSPS) is 11.4. The Kier molecular flexibility index (Phi) is 5.36. The van der Waals surface area contributed by atoms with Crippen molar-refractivity contribution in [3.05, 3.63) is 65.5 Å². The first-order valence-electron chi connectivity index (χ1n) is 6.86. The molecule has 1 atom stereocenters. The maximum Gasteiger partial charge on any atom is 0.165 e. The van der Waals surface area contributed by atoms with Gasteiger partial charge in [0, 0.05) is 11.6 Å². The van der Waals surface area contributed by atoms with Crippen molar-refractivity contribution in [2.24, 2.45) is 5.73 Å². The molecule has 2 aromatic rings. The topological polar surface area (TPSA) is 35.2 Å². The van der Waals surface area contributed by atoms with Crippen molar-refractivity contribution >= 4 is 0 Å². The Morgan fingerprint density at radius 2 is 1.95 bits per heavy atom. The van der Waals surface area contributed by atoms with Gasteiger partial charge in [-0.15, -0.1) is 0 Å². The molecule has 0 amide bonds. The third-order valence-electron chi connectivity index (χ3n) is 2.86. The van der Waals surface area contributed by atoms with E-state index in [9.17, 15) is 4.39 Å². The molecular weight excluding hydrogens is 265 g/mol. The molecule has 2 nitrogen and oxygen atoms in total. The second-order valence-corrected chi connectivity index (χ2v) is 4.90. The summed E-state index contributed by atoms with van der Waals surface area (Å²) in [6.07, 6.45) is 0.644. The van der Waals surface area contributed by atoms with Crippen LogP contribution in [0.1, 0.15) is 18.1 Å². The molecule has 2 aromatic carbocycles. The van der Waals surface area contributed by atoms with Crippen LogP contribution in [0.3, 0.4) is 0 Å². The molecule has 0 saturated carbocycles. The van der Waals surface area contributed by atoms with E-state index in [1.807, 2.05) is 43.3 Å². The molecule has 0 aliphatic rings. The van der Waals surface area contributed by atoms with Crippen LogP contribution < -0.4 is 10.5 Å². The van der Waals surface area contributed by atoms with Crippen LogP contribution in [0.15, 0.2) is 48.5 Å². The monoisotopic (exact) mass is 283 g/mol. The number of halogens is 1. The van der Waals surface area contributed by atoms with Gasteiger partial charge in [0.2, 0.25) is 0 Å². The largest absolute Gasteiger partial charge is 0.478 e. The van der Waals surface area contributed by atoms with Crippen molar-refractivity contribution in [1.29, 1.82) is 0 Å². The van der Waals surface area contributed by atoms with Gasteiger partial charge in [0.25, 0.3) is 0 Å². The summed E-state index contributed by atoms with van der Waals surface area (Å²) in [6.45, 7) is 2.04. The molecule has 0 aliphatic carbocycles. The molecule has 0 aliphatic heterocycles. The summed E-state index contributed by atoms with van der Waals surface area (Å²) >= 11 is 0. The average molecular weight is 283 g/mol. The second-order valence-electron chi connectivity index (χ2n) is 4.90. The van der Waals surface area contributed by atoms with Crippen LogP contribution in [0.5, 0.6) is 5.75 Å². The lowest BCUT2D eigenvalue weighted by Gasteiger charge is -2.08. The van der Waals surface area contributed by atoms with E-state index in [0.717, 1.165) is 11.1 Å². The van der Waals surface area contributed by atoms with E-state index in [2.05, 4.69) is 11.8 Å². The SMILES string of the molecule is CC(N)Cc1ccc(OCC#Cc2ccccc2)c(F)c1. The summed E-state index contributed by atoms with van der Waals surface area (Å²) in [5.41, 5.74) is 7.47. The van der Waals surface area contributed by atoms with Gasteiger partial charge in [-0.1, -0.05) is 36.1 Å². The predicted octanol–water partition coefficient (Wildman–Crippen LogP) is 3.15. The highest BCUT2D eigenvalue weighted by molar-refractivity contribution is 5.34. The first-order valence-corrected chi connectivity index (χ1v) is 6.86. The molecule has 2 rings (SSSR count). The van der Waals surface area contributed by atoms with Crippen LogP contribution in [0, 0.1) is 17.7 Å². The van der Waals surface area contributed by atoms with E-state index in [-0.39, 0.29) is 24.2 Å². The average Bonchev–Trinajstić information content (AvgIpc) is 2.46. The number of ether oxygens (including phenoxy) is 1. The van der Waals surface area contributed by atoms with Crippen molar-refractivity contribution < 1.29 is 9.13 Å². The molecule has 3 heteroatoms. The molecule has 0 spiro atoms. The zero-order chi connectivity index (χ0) is 15.1. The van der Waals surface area contributed by atoms with Gasteiger partial charge in [0.1, 0.15) is 6.61 Å². The minimum Gasteiger partial charge on any atom is -0.478 e. The quantitative estimate of drug-likeness (QED) is 0.875. The first-order chi connectivity index (χ1) is 10.1. The van der Waals surface area contributed by atoms with E-state index in [0.29, 0.717) is 6.42 Å². The highest BCUT2D eigenvalue weighted by Crippen LogP contribution is 2.18. The molecule has 0 bridgehead atoms. The van der Waals surface area contributed by atoms with E-state index in [1.54, 1.807) is 6.07 Å². The Morgan fingerprint density at radius 1 is 1.19 bits per heavy atom. The van der Waals surface area contributed by atoms with Crippen molar-refractivity contribution in [3.63, 3.8) is 0 Å². The number of hydrogen-bond donors (Lipinski definition) is 1. The summed E-state index contributed by atoms with van der Waals surface area (Å²) in [4.78, 5) is 0. The van der Waals surface area contributed by atoms with Crippen molar-refractivity contribution in [2.45, 2.75) is 19.4 Å². The fourth-order valence-electron chi connectivity index (χ4n) is 1.93. The van der Waals surface area contributed by atoms with Gasteiger partial charge < -0.3 is 10.5 Å². The predicted molar refractivity (Wildman–Crippen MR) is 82.6 cm³/mol. The Labute approximate surface area is 124 Å². The number of nitrogens with two attached hydrogens (primary N) is 1. The van der Waals surface area contributed by atoms with Crippen LogP contribution >= 0.6 is 0 Å². The zero-order valence-corrected chi connectivity index (χ0v) is 12.0. The van der Waals surface area contributed by atoms with Gasteiger partial charge in [-0.25, -0.2) is 4.39 Å². The van der Waals surface area contributed by atoms with Crippen LogP contribution in [0.25, 0.3) is 0 Å². The van der Waals surface area contributed by atoms with Gasteiger partial charge in [-0.2, -0.15) is 0 Å². The minimum atomic E-state index is -0.380. The molecule has 0 heterocycles. The first kappa shape index (κ1) is 15.1. The fourth-order valence-corrected chi connectivity index (χ4v) is 1.93. The molecule has 0 fully saturated rings. The summed E-state index contributed by atoms with van der Waals surface area (Å²) in [5.74, 6) is 5.66. The zero-order valence-electron chi connectivity index (χ0n) is 12.0. The summed E-state index contributed by atoms with van der Waals surface area (Å²) in [7, 11) is 0. The summed E-state index contributed by atoms with van der Waals surface area (Å²) in [6, 6.07) is 14.5. The van der Waals surface area contributed by atoms with Crippen LogP contribution in [0.4, 0.5) is 4.39 Å². The molecule has 21 heavy (non-hydrogen) atoms. The fraction of sp³-hybridized carbons (Fsp3) is 0.222. The van der Waals surface area contributed by atoms with E-state index >= 15 is 0 Å². The van der Waals surface area contributed by atoms with Gasteiger partial charge in [0.15, 0.2) is 11.6 Å². The molecule has 108 valence electrons. The summed E-state index contributed by atoms with van der Waals surface area (Å²) in [5, 5.41) is 0. The van der Waals surface area contributed by atoms with Crippen molar-refractivity contribution in [1.82, 2.24) is 0 Å². The van der Waals surface area contributed by atoms with Crippen LogP contribution in [0.2, 0.25) is 0 Å². The van der Waals surface area contributed by atoms with Crippen LogP contribution in [-0.2, 0) is 6.42 Å². The molecule has 2 N–H and O–H groups in total. The maximum absolute atomic E-state index is 13.8. The lowest BCUT2D eigenvalue weighted by Crippen LogP contribution is -2.17. The molecule has 1 unspecified atom stereocenters. The van der Waals surface area contributed by atoms with Gasteiger partial charge >= 0.3 is 0 Å². The molecule has 0 saturated heterocycles. The van der Waals surface area contributed by atoms with Gasteiger partial charge in [-0.05, 0) is 43.2 Å². The third kappa shape index (κ3) is 4.94. The Morgan fingerprint density at radius 3 is 2.62 bits per heavy atom. The third-order valence-corrected chi connectivity index (χ3v) is 2.86. The molecular formula is C18H18FNO. The Bertz CT molecular complexity index is 641. The number of rotatable bonds is 4. The highest BCUT2D eigenvalue weighted by Gasteiger charge is 2.05. The summed E-state index contributed by atoms with van der Waals surface area (Å²) < 4.78 is 19.2. The van der Waals surface area contributed by atoms with E-state index in [1.165, 1.54) is 6.07 Å². The maximum atomic E-state index is 13.8. The van der Waals surface area contributed by atoms with Gasteiger partial charge in [0.05, 0.1) is 0 Å². The van der Waals surface area contributed by atoms with Crippen LogP contribution in [-0.4, -0.2) is 12.6 Å². The minimum absolute atomic E-state index is 0.00732. The molecule has 0 aromatic heterocycles. The Balaban J connectivity index is 1.93. The number of hydrogen-bond acceptors (Lipinski definition) is 2. The molecule has 0 radical (unpaired) electrons. The highest BCUT2D eigenvalue weighted by atomic mass is 19.1. The van der Waals surface area contributed by atoms with E-state index in [4.69, 9.17) is 10.5 Å². The second kappa shape index (κ2) is 7.47. The van der Waals surface area contributed by atoms with Gasteiger partial charge in [-0.3, -0.25) is 0 Å².